The zero-order chi connectivity index (χ0) is 21.8. The molecule has 2 aliphatic rings. The lowest BCUT2D eigenvalue weighted by molar-refractivity contribution is -0.122. The van der Waals surface area contributed by atoms with Crippen LogP contribution in [0, 0.1) is 11.3 Å². The molecule has 0 saturated heterocycles. The molecule has 32 heavy (non-hydrogen) atoms. The van der Waals surface area contributed by atoms with E-state index in [-0.39, 0.29) is 17.3 Å². The summed E-state index contributed by atoms with van der Waals surface area (Å²) >= 11 is 0. The molecule has 158 valence electrons. The van der Waals surface area contributed by atoms with Gasteiger partial charge in [-0.15, -0.1) is 0 Å². The smallest absolute Gasteiger partial charge is 0.166 e. The Kier molecular flexibility index (Phi) is 5.73. The SMILES string of the molecule is O=C1/C(=C/C=C/c2ccccc2)CCC[C@@]12[C@H](c1ccccc1)[C@@H]2/C=C/c1ccccc1. The van der Waals surface area contributed by atoms with Gasteiger partial charge in [0.25, 0.3) is 0 Å². The average molecular weight is 417 g/mol. The van der Waals surface area contributed by atoms with Crippen molar-refractivity contribution in [1.29, 1.82) is 0 Å². The van der Waals surface area contributed by atoms with Gasteiger partial charge in [-0.05, 0) is 47.4 Å². The molecule has 2 saturated carbocycles. The molecule has 2 fully saturated rings. The second kappa shape index (κ2) is 8.96. The standard InChI is InChI=1S/C31H28O/c32-30-27(19-10-16-24-12-4-1-5-13-24)20-11-23-31(30)28(22-21-25-14-6-2-7-15-25)29(31)26-17-8-3-9-18-26/h1-10,12-19,21-22,28-29H,11,20,23H2/b16-10+,22-21+,27-19+/t28-,29+,31+/m0/s1. The second-order valence-electron chi connectivity index (χ2n) is 8.87. The molecule has 0 N–H and O–H groups in total. The molecule has 3 aromatic rings. The fourth-order valence-corrected chi connectivity index (χ4v) is 5.41. The minimum absolute atomic E-state index is 0.249. The predicted molar refractivity (Wildman–Crippen MR) is 133 cm³/mol. The van der Waals surface area contributed by atoms with Gasteiger partial charge in [-0.2, -0.15) is 0 Å². The van der Waals surface area contributed by atoms with E-state index in [9.17, 15) is 4.79 Å². The third-order valence-electron chi connectivity index (χ3n) is 6.99. The number of benzene rings is 3. The highest BCUT2D eigenvalue weighted by molar-refractivity contribution is 6.05. The topological polar surface area (TPSA) is 17.1 Å². The average Bonchev–Trinajstić information content (AvgIpc) is 3.49. The van der Waals surface area contributed by atoms with Crippen LogP contribution in [0.1, 0.15) is 41.9 Å². The van der Waals surface area contributed by atoms with Crippen LogP contribution in [0.3, 0.4) is 0 Å². The molecule has 0 bridgehead atoms. The van der Waals surface area contributed by atoms with E-state index in [0.29, 0.717) is 5.78 Å². The Hall–Kier alpha value is -3.45. The molecule has 1 spiro atoms. The summed E-state index contributed by atoms with van der Waals surface area (Å²) in [5, 5.41) is 0. The van der Waals surface area contributed by atoms with Crippen molar-refractivity contribution >= 4 is 17.9 Å². The molecule has 1 nitrogen and oxygen atoms in total. The summed E-state index contributed by atoms with van der Waals surface area (Å²) in [6, 6.07) is 31.2. The van der Waals surface area contributed by atoms with Crippen LogP contribution in [0.2, 0.25) is 0 Å². The van der Waals surface area contributed by atoms with Crippen molar-refractivity contribution in [3.8, 4) is 0 Å². The maximum atomic E-state index is 13.8. The minimum atomic E-state index is -0.294. The van der Waals surface area contributed by atoms with E-state index < -0.39 is 0 Å². The Morgan fingerprint density at radius 3 is 2.00 bits per heavy atom. The second-order valence-corrected chi connectivity index (χ2v) is 8.87. The highest BCUT2D eigenvalue weighted by atomic mass is 16.1. The van der Waals surface area contributed by atoms with Crippen LogP contribution in [0.15, 0.2) is 115 Å². The molecule has 2 aliphatic carbocycles. The van der Waals surface area contributed by atoms with Crippen LogP contribution in [0.4, 0.5) is 0 Å². The molecule has 0 heterocycles. The highest BCUT2D eigenvalue weighted by Crippen LogP contribution is 2.70. The van der Waals surface area contributed by atoms with Gasteiger partial charge in [-0.3, -0.25) is 4.79 Å². The number of ketones is 1. The molecule has 3 aromatic carbocycles. The van der Waals surface area contributed by atoms with Gasteiger partial charge in [0.1, 0.15) is 0 Å². The largest absolute Gasteiger partial charge is 0.294 e. The Morgan fingerprint density at radius 2 is 1.34 bits per heavy atom. The zero-order valence-electron chi connectivity index (χ0n) is 18.2. The van der Waals surface area contributed by atoms with Crippen molar-refractivity contribution in [2.75, 3.05) is 0 Å². The van der Waals surface area contributed by atoms with Gasteiger partial charge in [0.05, 0.1) is 0 Å². The number of Topliss-reactive ketones (excluding diaryl/α,β-unsaturated/α-hetero) is 1. The summed E-state index contributed by atoms with van der Waals surface area (Å²) < 4.78 is 0. The van der Waals surface area contributed by atoms with E-state index in [1.807, 2.05) is 30.3 Å². The lowest BCUT2D eigenvalue weighted by atomic mass is 9.77. The Balaban J connectivity index is 1.44. The molecule has 0 amide bonds. The first kappa shape index (κ1) is 20.5. The van der Waals surface area contributed by atoms with Crippen LogP contribution in [0.5, 0.6) is 0 Å². The van der Waals surface area contributed by atoms with Gasteiger partial charge in [0.15, 0.2) is 5.78 Å². The number of hydrogen-bond donors (Lipinski definition) is 0. The number of rotatable bonds is 5. The van der Waals surface area contributed by atoms with Crippen LogP contribution < -0.4 is 0 Å². The molecule has 0 radical (unpaired) electrons. The first-order chi connectivity index (χ1) is 15.8. The van der Waals surface area contributed by atoms with E-state index in [4.69, 9.17) is 0 Å². The summed E-state index contributed by atoms with van der Waals surface area (Å²) in [5.74, 6) is 0.857. The first-order valence-corrected chi connectivity index (χ1v) is 11.5. The quantitative estimate of drug-likeness (QED) is 0.394. The summed E-state index contributed by atoms with van der Waals surface area (Å²) in [7, 11) is 0. The van der Waals surface area contributed by atoms with Gasteiger partial charge < -0.3 is 0 Å². The number of allylic oxidation sites excluding steroid dienone is 4. The molecule has 3 atom stereocenters. The van der Waals surface area contributed by atoms with Crippen LogP contribution in [0.25, 0.3) is 12.2 Å². The molecular formula is C31H28O. The van der Waals surface area contributed by atoms with E-state index >= 15 is 0 Å². The molecule has 0 aromatic heterocycles. The van der Waals surface area contributed by atoms with Crippen molar-refractivity contribution in [3.05, 3.63) is 131 Å². The Bertz CT molecular complexity index is 1150. The normalized spacial score (nSPS) is 26.4. The number of carbonyl (C=O) groups excluding carboxylic acids is 1. The van der Waals surface area contributed by atoms with Crippen molar-refractivity contribution < 1.29 is 4.79 Å². The van der Waals surface area contributed by atoms with Crippen molar-refractivity contribution in [1.82, 2.24) is 0 Å². The lowest BCUT2D eigenvalue weighted by Gasteiger charge is -2.24. The monoisotopic (exact) mass is 416 g/mol. The van der Waals surface area contributed by atoms with Crippen molar-refractivity contribution in [2.24, 2.45) is 11.3 Å². The minimum Gasteiger partial charge on any atom is -0.294 e. The van der Waals surface area contributed by atoms with E-state index in [0.717, 1.165) is 30.4 Å². The fourth-order valence-electron chi connectivity index (χ4n) is 5.41. The number of carbonyl (C=O) groups is 1. The molecular weight excluding hydrogens is 388 g/mol. The maximum Gasteiger partial charge on any atom is 0.166 e. The van der Waals surface area contributed by atoms with Gasteiger partial charge in [-0.1, -0.05) is 121 Å². The van der Waals surface area contributed by atoms with Crippen LogP contribution >= 0.6 is 0 Å². The van der Waals surface area contributed by atoms with Gasteiger partial charge in [0.2, 0.25) is 0 Å². The van der Waals surface area contributed by atoms with Crippen molar-refractivity contribution in [2.45, 2.75) is 25.2 Å². The summed E-state index contributed by atoms with van der Waals surface area (Å²) in [6.45, 7) is 0. The summed E-state index contributed by atoms with van der Waals surface area (Å²) in [4.78, 5) is 13.8. The Labute approximate surface area is 190 Å². The van der Waals surface area contributed by atoms with E-state index in [1.165, 1.54) is 11.1 Å². The molecule has 5 rings (SSSR count). The molecule has 0 aliphatic heterocycles. The highest BCUT2D eigenvalue weighted by Gasteiger charge is 2.68. The fraction of sp³-hybridized carbons (Fsp3) is 0.194. The summed E-state index contributed by atoms with van der Waals surface area (Å²) in [5.41, 5.74) is 4.30. The summed E-state index contributed by atoms with van der Waals surface area (Å²) in [6.07, 6.45) is 13.5. The lowest BCUT2D eigenvalue weighted by Crippen LogP contribution is -2.26. The molecule has 0 unspecified atom stereocenters. The third-order valence-corrected chi connectivity index (χ3v) is 6.99. The van der Waals surface area contributed by atoms with Gasteiger partial charge >= 0.3 is 0 Å². The first-order valence-electron chi connectivity index (χ1n) is 11.5. The van der Waals surface area contributed by atoms with Crippen LogP contribution in [-0.4, -0.2) is 5.78 Å². The van der Waals surface area contributed by atoms with Crippen LogP contribution in [-0.2, 0) is 4.79 Å². The van der Waals surface area contributed by atoms with E-state index in [1.54, 1.807) is 0 Å². The van der Waals surface area contributed by atoms with Gasteiger partial charge in [0, 0.05) is 11.3 Å². The molecule has 1 heteroatoms. The van der Waals surface area contributed by atoms with E-state index in [2.05, 4.69) is 91.0 Å². The van der Waals surface area contributed by atoms with Crippen molar-refractivity contribution in [3.63, 3.8) is 0 Å². The maximum absolute atomic E-state index is 13.8. The predicted octanol–water partition coefficient (Wildman–Crippen LogP) is 7.49. The van der Waals surface area contributed by atoms with Gasteiger partial charge in [-0.25, -0.2) is 0 Å². The Morgan fingerprint density at radius 1 is 0.750 bits per heavy atom. The third kappa shape index (κ3) is 3.91. The number of hydrogen-bond acceptors (Lipinski definition) is 1. The zero-order valence-corrected chi connectivity index (χ0v) is 18.2.